The van der Waals surface area contributed by atoms with Gasteiger partial charge < -0.3 is 10.6 Å². The van der Waals surface area contributed by atoms with Crippen molar-refractivity contribution in [3.8, 4) is 0 Å². The van der Waals surface area contributed by atoms with Crippen LogP contribution in [0.2, 0.25) is 0 Å². The van der Waals surface area contributed by atoms with Crippen molar-refractivity contribution in [2.75, 3.05) is 13.6 Å². The normalized spacial score (nSPS) is 40.0. The minimum atomic E-state index is 0.0853. The lowest BCUT2D eigenvalue weighted by Crippen LogP contribution is -2.52. The first kappa shape index (κ1) is 11.9. The molecule has 1 amide bonds. The average Bonchev–Trinajstić information content (AvgIpc) is 2.68. The molecule has 0 aliphatic heterocycles. The molecule has 3 nitrogen and oxygen atoms in total. The molecule has 2 aliphatic rings. The topological polar surface area (TPSA) is 41.1 Å². The Labute approximate surface area is 98.4 Å². The summed E-state index contributed by atoms with van der Waals surface area (Å²) in [7, 11) is 1.69. The van der Waals surface area contributed by atoms with Crippen molar-refractivity contribution in [2.24, 2.45) is 16.7 Å². The molecule has 2 fully saturated rings. The lowest BCUT2D eigenvalue weighted by molar-refractivity contribution is -0.120. The van der Waals surface area contributed by atoms with Gasteiger partial charge in [-0.25, -0.2) is 0 Å². The van der Waals surface area contributed by atoms with Crippen molar-refractivity contribution in [3.63, 3.8) is 0 Å². The van der Waals surface area contributed by atoms with Crippen LogP contribution in [0.25, 0.3) is 0 Å². The van der Waals surface area contributed by atoms with Crippen LogP contribution in [0.15, 0.2) is 0 Å². The molecule has 3 heteroatoms. The number of fused-ring (bicyclic) bond motifs is 2. The van der Waals surface area contributed by atoms with Crippen LogP contribution in [-0.4, -0.2) is 25.5 Å². The predicted octanol–water partition coefficient (Wildman–Crippen LogP) is 1.54. The van der Waals surface area contributed by atoms with Crippen LogP contribution in [0.3, 0.4) is 0 Å². The van der Waals surface area contributed by atoms with Crippen molar-refractivity contribution in [2.45, 2.75) is 46.1 Å². The Morgan fingerprint density at radius 3 is 2.56 bits per heavy atom. The Kier molecular flexibility index (Phi) is 2.77. The Morgan fingerprint density at radius 1 is 1.38 bits per heavy atom. The molecule has 2 bridgehead atoms. The molecule has 16 heavy (non-hydrogen) atoms. The first-order valence-electron chi connectivity index (χ1n) is 6.34. The molecule has 92 valence electrons. The summed E-state index contributed by atoms with van der Waals surface area (Å²) >= 11 is 0. The second-order valence-corrected chi connectivity index (χ2v) is 6.40. The molecule has 0 aromatic carbocycles. The number of hydrogen-bond donors (Lipinski definition) is 2. The van der Waals surface area contributed by atoms with Gasteiger partial charge in [0.1, 0.15) is 0 Å². The fourth-order valence-corrected chi connectivity index (χ4v) is 4.09. The molecule has 2 rings (SSSR count). The van der Waals surface area contributed by atoms with Crippen molar-refractivity contribution >= 4 is 5.91 Å². The number of amides is 1. The first-order valence-corrected chi connectivity index (χ1v) is 6.34. The average molecular weight is 224 g/mol. The van der Waals surface area contributed by atoms with E-state index in [1.165, 1.54) is 19.3 Å². The van der Waals surface area contributed by atoms with Gasteiger partial charge in [0.15, 0.2) is 0 Å². The van der Waals surface area contributed by atoms with E-state index in [1.54, 1.807) is 7.05 Å². The third-order valence-electron chi connectivity index (χ3n) is 5.02. The summed E-state index contributed by atoms with van der Waals surface area (Å²) in [6.45, 7) is 7.53. The minimum absolute atomic E-state index is 0.0853. The maximum Gasteiger partial charge on any atom is 0.233 e. The summed E-state index contributed by atoms with van der Waals surface area (Å²) in [5.74, 6) is 0.918. The van der Waals surface area contributed by atoms with Crippen molar-refractivity contribution in [1.29, 1.82) is 0 Å². The smallest absolute Gasteiger partial charge is 0.233 e. The molecule has 0 heterocycles. The summed E-state index contributed by atoms with van der Waals surface area (Å²) < 4.78 is 0. The zero-order chi connectivity index (χ0) is 12.0. The van der Waals surface area contributed by atoms with Crippen LogP contribution in [-0.2, 0) is 4.79 Å². The van der Waals surface area contributed by atoms with Gasteiger partial charge in [-0.2, -0.15) is 0 Å². The number of hydrogen-bond acceptors (Lipinski definition) is 2. The second-order valence-electron chi connectivity index (χ2n) is 6.40. The van der Waals surface area contributed by atoms with Crippen LogP contribution >= 0.6 is 0 Å². The monoisotopic (exact) mass is 224 g/mol. The lowest BCUT2D eigenvalue weighted by atomic mass is 9.68. The zero-order valence-electron chi connectivity index (χ0n) is 10.9. The minimum Gasteiger partial charge on any atom is -0.358 e. The Hall–Kier alpha value is -0.570. The third-order valence-corrected chi connectivity index (χ3v) is 5.02. The molecule has 0 aromatic heterocycles. The molecular weight excluding hydrogens is 200 g/mol. The quantitative estimate of drug-likeness (QED) is 0.763. The fourth-order valence-electron chi connectivity index (χ4n) is 4.09. The molecule has 0 spiro atoms. The van der Waals surface area contributed by atoms with Crippen LogP contribution in [0, 0.1) is 16.7 Å². The number of likely N-dealkylation sites (N-methyl/N-ethyl adjacent to an activating group) is 1. The van der Waals surface area contributed by atoms with E-state index < -0.39 is 0 Å². The summed E-state index contributed by atoms with van der Waals surface area (Å²) in [6, 6.07) is 0.482. The number of carbonyl (C=O) groups is 1. The molecule has 2 aliphatic carbocycles. The Balaban J connectivity index is 2.05. The Morgan fingerprint density at radius 2 is 2.06 bits per heavy atom. The largest absolute Gasteiger partial charge is 0.358 e. The molecule has 0 saturated heterocycles. The van der Waals surface area contributed by atoms with Crippen molar-refractivity contribution in [1.82, 2.24) is 10.6 Å². The molecule has 0 aromatic rings. The van der Waals surface area contributed by atoms with Gasteiger partial charge >= 0.3 is 0 Å². The van der Waals surface area contributed by atoms with Gasteiger partial charge in [-0.05, 0) is 36.0 Å². The van der Waals surface area contributed by atoms with Gasteiger partial charge in [0, 0.05) is 13.1 Å². The van der Waals surface area contributed by atoms with Gasteiger partial charge in [0.25, 0.3) is 0 Å². The standard InChI is InChI=1S/C13H24N2O/c1-12(2)9-5-6-13(3,7-9)11(12)15-8-10(16)14-4/h9,11,15H,5-8H2,1-4H3,(H,14,16)/t9-,11?,13+/m0/s1. The maximum absolute atomic E-state index is 11.3. The molecule has 0 radical (unpaired) electrons. The van der Waals surface area contributed by atoms with E-state index in [0.29, 0.717) is 23.4 Å². The molecule has 3 atom stereocenters. The number of carbonyl (C=O) groups excluding carboxylic acids is 1. The summed E-state index contributed by atoms with van der Waals surface area (Å²) in [4.78, 5) is 11.3. The van der Waals surface area contributed by atoms with Crippen LogP contribution in [0.5, 0.6) is 0 Å². The number of rotatable bonds is 3. The third kappa shape index (κ3) is 1.65. The fraction of sp³-hybridized carbons (Fsp3) is 0.923. The summed E-state index contributed by atoms with van der Waals surface area (Å²) in [5, 5.41) is 6.15. The highest BCUT2D eigenvalue weighted by atomic mass is 16.1. The highest BCUT2D eigenvalue weighted by molar-refractivity contribution is 5.77. The highest BCUT2D eigenvalue weighted by Gasteiger charge is 2.58. The highest BCUT2D eigenvalue weighted by Crippen LogP contribution is 2.62. The molecular formula is C13H24N2O. The maximum atomic E-state index is 11.3. The van der Waals surface area contributed by atoms with E-state index in [1.807, 2.05) is 0 Å². The van der Waals surface area contributed by atoms with Gasteiger partial charge in [-0.1, -0.05) is 20.8 Å². The number of nitrogens with one attached hydrogen (secondary N) is 2. The van der Waals surface area contributed by atoms with Gasteiger partial charge in [-0.3, -0.25) is 4.79 Å². The van der Waals surface area contributed by atoms with Gasteiger partial charge in [0.2, 0.25) is 5.91 Å². The van der Waals surface area contributed by atoms with E-state index >= 15 is 0 Å². The first-order chi connectivity index (χ1) is 7.40. The van der Waals surface area contributed by atoms with Gasteiger partial charge in [-0.15, -0.1) is 0 Å². The van der Waals surface area contributed by atoms with E-state index in [9.17, 15) is 4.79 Å². The Bertz CT molecular complexity index is 296. The van der Waals surface area contributed by atoms with E-state index in [0.717, 1.165) is 5.92 Å². The summed E-state index contributed by atoms with van der Waals surface area (Å²) in [6.07, 6.45) is 4.00. The van der Waals surface area contributed by atoms with Gasteiger partial charge in [0.05, 0.1) is 6.54 Å². The second kappa shape index (κ2) is 3.73. The zero-order valence-corrected chi connectivity index (χ0v) is 10.9. The SMILES string of the molecule is CNC(=O)CNC1C(C)(C)[C@H]2CC[C@]1(C)C2. The lowest BCUT2D eigenvalue weighted by Gasteiger charge is -2.43. The van der Waals surface area contributed by atoms with E-state index in [2.05, 4.69) is 31.4 Å². The van der Waals surface area contributed by atoms with E-state index in [-0.39, 0.29) is 5.91 Å². The van der Waals surface area contributed by atoms with Crippen molar-refractivity contribution in [3.05, 3.63) is 0 Å². The van der Waals surface area contributed by atoms with E-state index in [4.69, 9.17) is 0 Å². The van der Waals surface area contributed by atoms with Crippen LogP contribution < -0.4 is 10.6 Å². The van der Waals surface area contributed by atoms with Crippen molar-refractivity contribution < 1.29 is 4.79 Å². The van der Waals surface area contributed by atoms with Crippen LogP contribution in [0.4, 0.5) is 0 Å². The summed E-state index contributed by atoms with van der Waals surface area (Å²) in [5.41, 5.74) is 0.739. The van der Waals surface area contributed by atoms with Crippen LogP contribution in [0.1, 0.15) is 40.0 Å². The predicted molar refractivity (Wildman–Crippen MR) is 65.1 cm³/mol. The molecule has 2 N–H and O–H groups in total. The molecule has 1 unspecified atom stereocenters. The molecule has 2 saturated carbocycles.